The maximum Gasteiger partial charge on any atom is 0.337 e. The first kappa shape index (κ1) is 10.4. The van der Waals surface area contributed by atoms with Gasteiger partial charge in [0.25, 0.3) is 0 Å². The van der Waals surface area contributed by atoms with Crippen LogP contribution in [0.3, 0.4) is 0 Å². The molecular weight excluding hydrogens is 232 g/mol. The number of carbonyl (C=O) groups is 1. The number of aromatic amines is 1. The second-order valence-corrected chi connectivity index (χ2v) is 3.73. The van der Waals surface area contributed by atoms with E-state index in [1.807, 2.05) is 6.07 Å². The summed E-state index contributed by atoms with van der Waals surface area (Å²) in [6, 6.07) is 7.10. The molecule has 0 atom stereocenters. The highest BCUT2D eigenvalue weighted by Crippen LogP contribution is 2.26. The molecule has 1 aromatic carbocycles. The van der Waals surface area contributed by atoms with Crippen LogP contribution in [0.1, 0.15) is 10.4 Å². The number of carboxylic acid groups (broad SMARTS) is 1. The smallest absolute Gasteiger partial charge is 0.337 e. The Morgan fingerprint density at radius 1 is 1.28 bits per heavy atom. The predicted molar refractivity (Wildman–Crippen MR) is 64.1 cm³/mol. The first-order valence-electron chi connectivity index (χ1n) is 5.25. The Balaban J connectivity index is 2.39. The van der Waals surface area contributed by atoms with Crippen molar-refractivity contribution in [2.45, 2.75) is 0 Å². The van der Waals surface area contributed by atoms with Crippen molar-refractivity contribution in [3.63, 3.8) is 0 Å². The number of fused-ring (bicyclic) bond motifs is 1. The van der Waals surface area contributed by atoms with E-state index in [9.17, 15) is 9.90 Å². The van der Waals surface area contributed by atoms with Gasteiger partial charge in [-0.05, 0) is 6.07 Å². The van der Waals surface area contributed by atoms with E-state index in [0.29, 0.717) is 22.2 Å². The average Bonchev–Trinajstić information content (AvgIpc) is 2.90. The standard InChI is InChI=1S/C12H8N4O2/c17-12(18)11-7-3-1-2-4-9(7)13-5-8(11)10-6-14-16-15-10/h1-6H,(H,17,18)(H,14,15,16). The number of hydrogen-bond acceptors (Lipinski definition) is 4. The average molecular weight is 240 g/mol. The van der Waals surface area contributed by atoms with Gasteiger partial charge in [0, 0.05) is 17.1 Å². The Bertz CT molecular complexity index is 722. The van der Waals surface area contributed by atoms with E-state index in [2.05, 4.69) is 20.4 Å². The summed E-state index contributed by atoms with van der Waals surface area (Å²) in [7, 11) is 0. The summed E-state index contributed by atoms with van der Waals surface area (Å²) in [6.07, 6.45) is 3.04. The summed E-state index contributed by atoms with van der Waals surface area (Å²) in [5, 5.41) is 19.9. The van der Waals surface area contributed by atoms with Gasteiger partial charge in [-0.1, -0.05) is 23.4 Å². The minimum atomic E-state index is -1.01. The van der Waals surface area contributed by atoms with Crippen molar-refractivity contribution in [2.75, 3.05) is 0 Å². The van der Waals surface area contributed by atoms with Crippen molar-refractivity contribution in [1.82, 2.24) is 20.4 Å². The number of carboxylic acids is 1. The molecule has 18 heavy (non-hydrogen) atoms. The second-order valence-electron chi connectivity index (χ2n) is 3.73. The molecule has 0 saturated heterocycles. The molecule has 2 aromatic heterocycles. The molecule has 6 nitrogen and oxygen atoms in total. The lowest BCUT2D eigenvalue weighted by Gasteiger charge is -2.06. The van der Waals surface area contributed by atoms with E-state index in [-0.39, 0.29) is 5.56 Å². The van der Waals surface area contributed by atoms with Gasteiger partial charge in [-0.15, -0.1) is 5.10 Å². The van der Waals surface area contributed by atoms with Crippen LogP contribution in [0.5, 0.6) is 0 Å². The topological polar surface area (TPSA) is 91.8 Å². The first-order valence-corrected chi connectivity index (χ1v) is 5.25. The van der Waals surface area contributed by atoms with Crippen molar-refractivity contribution in [3.05, 3.63) is 42.2 Å². The Morgan fingerprint density at radius 3 is 2.83 bits per heavy atom. The molecule has 0 fully saturated rings. The molecule has 6 heteroatoms. The number of rotatable bonds is 2. The first-order chi connectivity index (χ1) is 8.77. The van der Waals surface area contributed by atoms with Crippen LogP contribution in [0, 0.1) is 0 Å². The predicted octanol–water partition coefficient (Wildman–Crippen LogP) is 1.72. The van der Waals surface area contributed by atoms with Crippen LogP contribution in [0.15, 0.2) is 36.7 Å². The third kappa shape index (κ3) is 1.51. The van der Waals surface area contributed by atoms with Crippen molar-refractivity contribution in [2.24, 2.45) is 0 Å². The van der Waals surface area contributed by atoms with E-state index < -0.39 is 5.97 Å². The van der Waals surface area contributed by atoms with Gasteiger partial charge in [0.15, 0.2) is 0 Å². The maximum atomic E-state index is 11.4. The summed E-state index contributed by atoms with van der Waals surface area (Å²) >= 11 is 0. The van der Waals surface area contributed by atoms with Gasteiger partial charge in [0.05, 0.1) is 17.3 Å². The quantitative estimate of drug-likeness (QED) is 0.711. The number of pyridine rings is 1. The summed E-state index contributed by atoms with van der Waals surface area (Å²) in [5.41, 5.74) is 1.75. The Kier molecular flexibility index (Phi) is 2.26. The fourth-order valence-electron chi connectivity index (χ4n) is 1.90. The van der Waals surface area contributed by atoms with Crippen LogP contribution in [-0.4, -0.2) is 31.5 Å². The van der Waals surface area contributed by atoms with Gasteiger partial charge in [-0.25, -0.2) is 4.79 Å². The number of aromatic carboxylic acids is 1. The van der Waals surface area contributed by atoms with Crippen molar-refractivity contribution in [1.29, 1.82) is 0 Å². The molecule has 2 N–H and O–H groups in total. The second kappa shape index (κ2) is 3.92. The van der Waals surface area contributed by atoms with Crippen LogP contribution in [-0.2, 0) is 0 Å². The molecule has 3 rings (SSSR count). The SMILES string of the molecule is O=C(O)c1c(-c2c[nH]nn2)cnc2ccccc12. The van der Waals surface area contributed by atoms with Crippen molar-refractivity contribution in [3.8, 4) is 11.3 Å². The summed E-state index contributed by atoms with van der Waals surface area (Å²) in [5.74, 6) is -1.01. The minimum Gasteiger partial charge on any atom is -0.478 e. The number of nitrogens with one attached hydrogen (secondary N) is 1. The van der Waals surface area contributed by atoms with Crippen molar-refractivity contribution >= 4 is 16.9 Å². The third-order valence-corrected chi connectivity index (χ3v) is 2.68. The monoisotopic (exact) mass is 240 g/mol. The Hall–Kier alpha value is -2.76. The normalized spacial score (nSPS) is 10.7. The molecule has 0 aliphatic heterocycles. The fourth-order valence-corrected chi connectivity index (χ4v) is 1.90. The largest absolute Gasteiger partial charge is 0.478 e. The van der Waals surface area contributed by atoms with Crippen LogP contribution in [0.2, 0.25) is 0 Å². The molecule has 0 aliphatic rings. The van der Waals surface area contributed by atoms with Gasteiger partial charge in [-0.2, -0.15) is 0 Å². The molecule has 88 valence electrons. The van der Waals surface area contributed by atoms with E-state index >= 15 is 0 Å². The van der Waals surface area contributed by atoms with Crippen LogP contribution >= 0.6 is 0 Å². The molecule has 0 amide bonds. The van der Waals surface area contributed by atoms with Gasteiger partial charge in [0.2, 0.25) is 0 Å². The number of benzene rings is 1. The van der Waals surface area contributed by atoms with E-state index in [1.165, 1.54) is 12.4 Å². The summed E-state index contributed by atoms with van der Waals surface area (Å²) < 4.78 is 0. The molecule has 0 bridgehead atoms. The Labute approximate surface area is 101 Å². The number of hydrogen-bond donors (Lipinski definition) is 2. The zero-order valence-electron chi connectivity index (χ0n) is 9.16. The molecule has 2 heterocycles. The molecule has 0 spiro atoms. The lowest BCUT2D eigenvalue weighted by atomic mass is 10.0. The molecular formula is C12H8N4O2. The molecule has 0 unspecified atom stereocenters. The van der Waals surface area contributed by atoms with Gasteiger partial charge in [-0.3, -0.25) is 10.1 Å². The van der Waals surface area contributed by atoms with E-state index in [1.54, 1.807) is 18.2 Å². The lowest BCUT2D eigenvalue weighted by Crippen LogP contribution is -2.02. The molecule has 0 saturated carbocycles. The van der Waals surface area contributed by atoms with Crippen LogP contribution in [0.25, 0.3) is 22.2 Å². The summed E-state index contributed by atoms with van der Waals surface area (Å²) in [6.45, 7) is 0. The third-order valence-electron chi connectivity index (χ3n) is 2.68. The maximum absolute atomic E-state index is 11.4. The van der Waals surface area contributed by atoms with Crippen LogP contribution < -0.4 is 0 Å². The molecule has 0 aliphatic carbocycles. The minimum absolute atomic E-state index is 0.189. The summed E-state index contributed by atoms with van der Waals surface area (Å²) in [4.78, 5) is 15.7. The van der Waals surface area contributed by atoms with Crippen molar-refractivity contribution < 1.29 is 9.90 Å². The number of nitrogens with zero attached hydrogens (tertiary/aromatic N) is 3. The lowest BCUT2D eigenvalue weighted by molar-refractivity contribution is 0.0700. The zero-order chi connectivity index (χ0) is 12.5. The van der Waals surface area contributed by atoms with E-state index in [0.717, 1.165) is 0 Å². The number of para-hydroxylation sites is 1. The highest BCUT2D eigenvalue weighted by molar-refractivity contribution is 6.07. The van der Waals surface area contributed by atoms with Gasteiger partial charge < -0.3 is 5.11 Å². The van der Waals surface area contributed by atoms with E-state index in [4.69, 9.17) is 0 Å². The highest BCUT2D eigenvalue weighted by atomic mass is 16.4. The Morgan fingerprint density at radius 2 is 2.11 bits per heavy atom. The van der Waals surface area contributed by atoms with Gasteiger partial charge >= 0.3 is 5.97 Å². The van der Waals surface area contributed by atoms with Crippen LogP contribution in [0.4, 0.5) is 0 Å². The molecule has 0 radical (unpaired) electrons. The number of H-pyrrole nitrogens is 1. The number of aromatic nitrogens is 4. The highest BCUT2D eigenvalue weighted by Gasteiger charge is 2.17. The fraction of sp³-hybridized carbons (Fsp3) is 0. The van der Waals surface area contributed by atoms with Gasteiger partial charge in [0.1, 0.15) is 5.69 Å². The molecule has 3 aromatic rings. The zero-order valence-corrected chi connectivity index (χ0v) is 9.16.